The maximum atomic E-state index is 13.3. The predicted octanol–water partition coefficient (Wildman–Crippen LogP) is 5.70. The van der Waals surface area contributed by atoms with Crippen LogP contribution in [0.25, 0.3) is 0 Å². The van der Waals surface area contributed by atoms with Gasteiger partial charge in [-0.2, -0.15) is 0 Å². The lowest BCUT2D eigenvalue weighted by atomic mass is 9.87. The highest BCUT2D eigenvalue weighted by Gasteiger charge is 2.36. The van der Waals surface area contributed by atoms with E-state index < -0.39 is 15.4 Å². The number of nitrogens with zero attached hydrogens (tertiary/aromatic N) is 3. The molecule has 1 atom stereocenters. The molecule has 2 N–H and O–H groups in total. The van der Waals surface area contributed by atoms with Crippen molar-refractivity contribution in [3.05, 3.63) is 64.3 Å². The highest BCUT2D eigenvalue weighted by molar-refractivity contribution is 7.95. The van der Waals surface area contributed by atoms with Crippen molar-refractivity contribution in [3.8, 4) is 0 Å². The lowest BCUT2D eigenvalue weighted by Crippen LogP contribution is -2.52. The summed E-state index contributed by atoms with van der Waals surface area (Å²) in [5.41, 5.74) is 10.0. The van der Waals surface area contributed by atoms with Crippen LogP contribution in [0.2, 0.25) is 0 Å². The topological polar surface area (TPSA) is 88.7 Å². The molecule has 0 saturated heterocycles. The van der Waals surface area contributed by atoms with Crippen molar-refractivity contribution in [2.45, 2.75) is 72.3 Å². The number of nitrogens with two attached hydrogens (primary N) is 1. The highest BCUT2D eigenvalue weighted by atomic mass is 32.2. The average molecular weight is 521 g/mol. The molecule has 1 rings (SSSR count). The van der Waals surface area contributed by atoms with E-state index in [-0.39, 0.29) is 22.4 Å². The van der Waals surface area contributed by atoms with Gasteiger partial charge in [0.1, 0.15) is 0 Å². The third kappa shape index (κ3) is 8.54. The summed E-state index contributed by atoms with van der Waals surface area (Å²) >= 11 is 1.69. The van der Waals surface area contributed by atoms with Gasteiger partial charge in [-0.05, 0) is 71.0 Å². The van der Waals surface area contributed by atoms with Crippen LogP contribution < -0.4 is 5.73 Å². The number of aliphatic imine (C=N–C) groups is 1. The molecule has 0 spiro atoms. The van der Waals surface area contributed by atoms with E-state index in [4.69, 9.17) is 10.7 Å². The second kappa shape index (κ2) is 13.9. The van der Waals surface area contributed by atoms with E-state index in [2.05, 4.69) is 36.5 Å². The minimum Gasteiger partial charge on any atom is -0.398 e. The minimum absolute atomic E-state index is 0.00721. The van der Waals surface area contributed by atoms with Crippen LogP contribution in [-0.4, -0.2) is 48.9 Å². The first-order valence-corrected chi connectivity index (χ1v) is 14.7. The first kappa shape index (κ1) is 31.0. The fourth-order valence-electron chi connectivity index (χ4n) is 4.11. The Balaban J connectivity index is 3.45. The van der Waals surface area contributed by atoms with E-state index in [1.54, 1.807) is 24.3 Å². The summed E-state index contributed by atoms with van der Waals surface area (Å²) < 4.78 is 26.7. The Labute approximate surface area is 217 Å². The molecule has 6 nitrogen and oxygen atoms in total. The number of aromatic nitrogens is 1. The van der Waals surface area contributed by atoms with Crippen molar-refractivity contribution in [2.75, 3.05) is 19.3 Å². The number of sulfone groups is 1. The number of aryl methyl sites for hydroxylation is 2. The van der Waals surface area contributed by atoms with Gasteiger partial charge in [0, 0.05) is 10.6 Å². The number of hydrogen-bond donors (Lipinski definition) is 1. The molecule has 0 aliphatic rings. The first-order chi connectivity index (χ1) is 16.3. The quantitative estimate of drug-likeness (QED) is 0.223. The van der Waals surface area contributed by atoms with Crippen LogP contribution >= 0.6 is 11.3 Å². The average Bonchev–Trinajstić information content (AvgIpc) is 3.20. The summed E-state index contributed by atoms with van der Waals surface area (Å²) in [6, 6.07) is 0. The summed E-state index contributed by atoms with van der Waals surface area (Å²) in [5.74, 6) is -0.0268. The van der Waals surface area contributed by atoms with E-state index in [0.717, 1.165) is 31.5 Å². The van der Waals surface area contributed by atoms with E-state index in [1.807, 2.05) is 39.4 Å². The molecule has 0 bridgehead atoms. The number of rotatable bonds is 16. The van der Waals surface area contributed by atoms with E-state index >= 15 is 0 Å². The SMILES string of the molecule is C=CC/C(C)=C(/N=C(C(=C)N)[C@](C)(CC=C)N(C)CCCc1scnc1CC)S(=O)(=O)CC(C)C. The molecule has 0 aromatic carbocycles. The standard InChI is InChI=1S/C27H44N4O2S2/c1-10-14-21(6)26(35(32,33)18-20(4)5)30-25(22(7)28)27(8,16-11-2)31(9)17-13-15-24-23(12-3)29-19-34-24/h10-11,19-20H,1-2,7,12-18,28H2,3-6,8-9H3/b26-21-,30-25?/t27-/m0/s1. The fraction of sp³-hybridized carbons (Fsp3) is 0.556. The van der Waals surface area contributed by atoms with E-state index in [0.29, 0.717) is 24.1 Å². The van der Waals surface area contributed by atoms with E-state index in [9.17, 15) is 8.42 Å². The zero-order valence-corrected chi connectivity index (χ0v) is 24.1. The molecular weight excluding hydrogens is 476 g/mol. The molecule has 1 aromatic heterocycles. The maximum Gasteiger partial charge on any atom is 0.195 e. The predicted molar refractivity (Wildman–Crippen MR) is 153 cm³/mol. The Kier molecular flexibility index (Phi) is 12.3. The third-order valence-corrected chi connectivity index (χ3v) is 9.10. The molecule has 35 heavy (non-hydrogen) atoms. The molecule has 1 heterocycles. The molecule has 1 aromatic rings. The summed E-state index contributed by atoms with van der Waals surface area (Å²) in [6.07, 6.45) is 7.25. The van der Waals surface area contributed by atoms with Crippen molar-refractivity contribution >= 4 is 26.9 Å². The van der Waals surface area contributed by atoms with Crippen molar-refractivity contribution in [1.29, 1.82) is 0 Å². The molecule has 0 fully saturated rings. The molecule has 196 valence electrons. The van der Waals surface area contributed by atoms with Gasteiger partial charge in [-0.15, -0.1) is 24.5 Å². The van der Waals surface area contributed by atoms with Gasteiger partial charge in [-0.3, -0.25) is 4.90 Å². The van der Waals surface area contributed by atoms with Crippen LogP contribution in [0.5, 0.6) is 0 Å². The van der Waals surface area contributed by atoms with Gasteiger partial charge in [0.15, 0.2) is 14.9 Å². The summed E-state index contributed by atoms with van der Waals surface area (Å²) in [5, 5.41) is 0.0636. The molecular formula is C27H44N4O2S2. The van der Waals surface area contributed by atoms with Crippen LogP contribution in [0.3, 0.4) is 0 Å². The van der Waals surface area contributed by atoms with Crippen molar-refractivity contribution in [1.82, 2.24) is 9.88 Å². The minimum atomic E-state index is -3.63. The highest BCUT2D eigenvalue weighted by Crippen LogP contribution is 2.28. The zero-order valence-electron chi connectivity index (χ0n) is 22.4. The molecule has 0 saturated carbocycles. The number of hydrogen-bond acceptors (Lipinski definition) is 7. The van der Waals surface area contributed by atoms with Crippen molar-refractivity contribution in [2.24, 2.45) is 16.6 Å². The van der Waals surface area contributed by atoms with Crippen LogP contribution in [0.4, 0.5) is 0 Å². The summed E-state index contributed by atoms with van der Waals surface area (Å²) in [4.78, 5) is 12.7. The van der Waals surface area contributed by atoms with Gasteiger partial charge in [0.2, 0.25) is 0 Å². The van der Waals surface area contributed by atoms with Gasteiger partial charge >= 0.3 is 0 Å². The zero-order chi connectivity index (χ0) is 26.8. The lowest BCUT2D eigenvalue weighted by Gasteiger charge is -2.40. The van der Waals surface area contributed by atoms with Gasteiger partial charge in [-0.1, -0.05) is 39.5 Å². The van der Waals surface area contributed by atoms with Gasteiger partial charge < -0.3 is 5.73 Å². The second-order valence-corrected chi connectivity index (χ2v) is 12.5. The molecule has 0 aliphatic carbocycles. The molecule has 0 radical (unpaired) electrons. The Morgan fingerprint density at radius 2 is 2.00 bits per heavy atom. The summed E-state index contributed by atoms with van der Waals surface area (Å²) in [6.45, 7) is 22.1. The first-order valence-electron chi connectivity index (χ1n) is 12.1. The molecule has 8 heteroatoms. The van der Waals surface area contributed by atoms with Crippen molar-refractivity contribution < 1.29 is 8.42 Å². The van der Waals surface area contributed by atoms with Crippen LogP contribution in [0.1, 0.15) is 64.5 Å². The van der Waals surface area contributed by atoms with Gasteiger partial charge in [0.25, 0.3) is 0 Å². The Hall–Kier alpha value is -2.03. The smallest absolute Gasteiger partial charge is 0.195 e. The van der Waals surface area contributed by atoms with E-state index in [1.165, 1.54) is 4.88 Å². The van der Waals surface area contributed by atoms with Crippen LogP contribution in [-0.2, 0) is 22.7 Å². The number of thiazole rings is 1. The Bertz CT molecular complexity index is 1050. The lowest BCUT2D eigenvalue weighted by molar-refractivity contribution is 0.204. The largest absolute Gasteiger partial charge is 0.398 e. The summed E-state index contributed by atoms with van der Waals surface area (Å²) in [7, 11) is -1.62. The van der Waals surface area contributed by atoms with Crippen LogP contribution in [0, 0.1) is 5.92 Å². The Morgan fingerprint density at radius 3 is 2.51 bits per heavy atom. The normalized spacial score (nSPS) is 15.1. The fourth-order valence-corrected chi connectivity index (χ4v) is 6.90. The molecule has 0 unspecified atom stereocenters. The van der Waals surface area contributed by atoms with Gasteiger partial charge in [-0.25, -0.2) is 18.4 Å². The van der Waals surface area contributed by atoms with Crippen LogP contribution in [0.15, 0.2) is 58.7 Å². The Morgan fingerprint density at radius 1 is 1.34 bits per heavy atom. The van der Waals surface area contributed by atoms with Crippen molar-refractivity contribution in [3.63, 3.8) is 0 Å². The molecule has 0 aliphatic heterocycles. The third-order valence-electron chi connectivity index (χ3n) is 6.03. The van der Waals surface area contributed by atoms with Gasteiger partial charge in [0.05, 0.1) is 28.2 Å². The monoisotopic (exact) mass is 520 g/mol. The second-order valence-electron chi connectivity index (χ2n) is 9.61. The molecule has 0 amide bonds. The number of allylic oxidation sites excluding steroid dienone is 2. The maximum absolute atomic E-state index is 13.3.